The van der Waals surface area contributed by atoms with Gasteiger partial charge in [-0.25, -0.2) is 4.68 Å². The van der Waals surface area contributed by atoms with Crippen LogP contribution in [0.5, 0.6) is 0 Å². The largest absolute Gasteiger partial charge is 0.314 e. The molecule has 17 heavy (non-hydrogen) atoms. The third-order valence-corrected chi connectivity index (χ3v) is 4.07. The summed E-state index contributed by atoms with van der Waals surface area (Å²) in [6.07, 6.45) is 9.29. The van der Waals surface area contributed by atoms with Gasteiger partial charge in [0.2, 0.25) is 0 Å². The van der Waals surface area contributed by atoms with Crippen molar-refractivity contribution in [1.82, 2.24) is 20.3 Å². The van der Waals surface area contributed by atoms with E-state index in [4.69, 9.17) is 0 Å². The fourth-order valence-corrected chi connectivity index (χ4v) is 2.90. The molecule has 0 saturated heterocycles. The van der Waals surface area contributed by atoms with E-state index in [0.717, 1.165) is 12.5 Å². The Balaban J connectivity index is 1.84. The molecule has 0 atom stereocenters. The molecule has 0 spiro atoms. The van der Waals surface area contributed by atoms with E-state index >= 15 is 0 Å². The molecule has 3 rings (SSSR count). The number of nitrogens with zero attached hydrogens (tertiary/aromatic N) is 3. The van der Waals surface area contributed by atoms with Crippen LogP contribution in [0.25, 0.3) is 0 Å². The van der Waals surface area contributed by atoms with E-state index in [0.29, 0.717) is 6.04 Å². The SMILES string of the molecule is CNCc1nnn(C2CCCC2)c1CC1CC1. The van der Waals surface area contributed by atoms with Crippen LogP contribution in [0, 0.1) is 5.92 Å². The number of aromatic nitrogens is 3. The highest BCUT2D eigenvalue weighted by molar-refractivity contribution is 5.13. The summed E-state index contributed by atoms with van der Waals surface area (Å²) < 4.78 is 2.25. The molecule has 1 aromatic rings. The number of nitrogens with one attached hydrogen (secondary N) is 1. The van der Waals surface area contributed by atoms with Gasteiger partial charge in [-0.15, -0.1) is 5.10 Å². The Morgan fingerprint density at radius 1 is 1.24 bits per heavy atom. The first-order valence-electron chi connectivity index (χ1n) is 6.96. The highest BCUT2D eigenvalue weighted by atomic mass is 15.4. The molecule has 1 N–H and O–H groups in total. The van der Waals surface area contributed by atoms with Crippen molar-refractivity contribution >= 4 is 0 Å². The first-order valence-corrected chi connectivity index (χ1v) is 6.96. The summed E-state index contributed by atoms with van der Waals surface area (Å²) in [5.74, 6) is 0.907. The van der Waals surface area contributed by atoms with E-state index in [1.807, 2.05) is 7.05 Å². The lowest BCUT2D eigenvalue weighted by Gasteiger charge is -2.13. The van der Waals surface area contributed by atoms with Gasteiger partial charge in [0, 0.05) is 6.54 Å². The average Bonchev–Trinajstić information content (AvgIpc) is 2.84. The molecule has 0 aromatic carbocycles. The molecule has 0 radical (unpaired) electrons. The minimum atomic E-state index is 0.627. The Labute approximate surface area is 103 Å². The van der Waals surface area contributed by atoms with Gasteiger partial charge in [-0.2, -0.15) is 0 Å². The van der Waals surface area contributed by atoms with Gasteiger partial charge in [-0.3, -0.25) is 0 Å². The smallest absolute Gasteiger partial charge is 0.0996 e. The highest BCUT2D eigenvalue weighted by Crippen LogP contribution is 2.36. The Morgan fingerprint density at radius 3 is 2.65 bits per heavy atom. The molecule has 2 saturated carbocycles. The summed E-state index contributed by atoms with van der Waals surface area (Å²) in [5, 5.41) is 12.0. The molecule has 2 aliphatic carbocycles. The summed E-state index contributed by atoms with van der Waals surface area (Å²) in [6.45, 7) is 0.856. The minimum absolute atomic E-state index is 0.627. The number of hydrogen-bond donors (Lipinski definition) is 1. The lowest BCUT2D eigenvalue weighted by atomic mass is 10.1. The minimum Gasteiger partial charge on any atom is -0.314 e. The molecule has 0 bridgehead atoms. The molecule has 4 nitrogen and oxygen atoms in total. The Bertz CT molecular complexity index is 375. The standard InChI is InChI=1S/C13H22N4/c1-14-9-12-13(8-10-6-7-10)17(16-15-12)11-4-2-3-5-11/h10-11,14H,2-9H2,1H3. The summed E-state index contributed by atoms with van der Waals surface area (Å²) in [5.41, 5.74) is 2.58. The van der Waals surface area contributed by atoms with E-state index in [1.54, 1.807) is 0 Å². The van der Waals surface area contributed by atoms with Gasteiger partial charge in [-0.1, -0.05) is 18.1 Å². The van der Waals surface area contributed by atoms with Crippen molar-refractivity contribution in [2.24, 2.45) is 5.92 Å². The zero-order chi connectivity index (χ0) is 11.7. The Hall–Kier alpha value is -0.900. The quantitative estimate of drug-likeness (QED) is 0.848. The number of rotatable bonds is 5. The fraction of sp³-hybridized carbons (Fsp3) is 0.846. The number of hydrogen-bond acceptors (Lipinski definition) is 3. The van der Waals surface area contributed by atoms with Crippen LogP contribution in [0.2, 0.25) is 0 Å². The van der Waals surface area contributed by atoms with Crippen LogP contribution < -0.4 is 5.32 Å². The van der Waals surface area contributed by atoms with Crippen LogP contribution in [0.4, 0.5) is 0 Å². The van der Waals surface area contributed by atoms with Crippen LogP contribution in [-0.4, -0.2) is 22.0 Å². The van der Waals surface area contributed by atoms with Gasteiger partial charge in [0.1, 0.15) is 0 Å². The molecule has 0 unspecified atom stereocenters. The third-order valence-electron chi connectivity index (χ3n) is 4.07. The van der Waals surface area contributed by atoms with Gasteiger partial charge in [0.15, 0.2) is 0 Å². The second-order valence-corrected chi connectivity index (χ2v) is 5.54. The van der Waals surface area contributed by atoms with E-state index in [1.165, 1.54) is 56.3 Å². The van der Waals surface area contributed by atoms with E-state index < -0.39 is 0 Å². The molecular formula is C13H22N4. The zero-order valence-corrected chi connectivity index (χ0v) is 10.7. The molecule has 0 aliphatic heterocycles. The summed E-state index contributed by atoms with van der Waals surface area (Å²) in [6, 6.07) is 0.627. The van der Waals surface area contributed by atoms with E-state index in [9.17, 15) is 0 Å². The first kappa shape index (κ1) is 11.2. The van der Waals surface area contributed by atoms with Crippen molar-refractivity contribution in [2.45, 2.75) is 57.5 Å². The topological polar surface area (TPSA) is 42.7 Å². The van der Waals surface area contributed by atoms with Crippen LogP contribution in [0.3, 0.4) is 0 Å². The maximum absolute atomic E-state index is 4.42. The Kier molecular flexibility index (Phi) is 3.14. The molecule has 94 valence electrons. The maximum atomic E-state index is 4.42. The molecule has 0 amide bonds. The molecule has 2 aliphatic rings. The second-order valence-electron chi connectivity index (χ2n) is 5.54. The predicted octanol–water partition coefficient (Wildman–Crippen LogP) is 2.07. The van der Waals surface area contributed by atoms with Crippen LogP contribution >= 0.6 is 0 Å². The van der Waals surface area contributed by atoms with Gasteiger partial charge in [0.05, 0.1) is 17.4 Å². The third kappa shape index (κ3) is 2.37. The van der Waals surface area contributed by atoms with E-state index in [2.05, 4.69) is 20.3 Å². The van der Waals surface area contributed by atoms with Gasteiger partial charge < -0.3 is 5.32 Å². The summed E-state index contributed by atoms with van der Waals surface area (Å²) in [7, 11) is 1.98. The predicted molar refractivity (Wildman–Crippen MR) is 66.7 cm³/mol. The molecule has 1 heterocycles. The van der Waals surface area contributed by atoms with Crippen LogP contribution in [0.1, 0.15) is 56.0 Å². The lowest BCUT2D eigenvalue weighted by molar-refractivity contribution is 0.435. The second kappa shape index (κ2) is 4.77. The Morgan fingerprint density at radius 2 is 2.00 bits per heavy atom. The zero-order valence-electron chi connectivity index (χ0n) is 10.7. The maximum Gasteiger partial charge on any atom is 0.0996 e. The average molecular weight is 234 g/mol. The summed E-state index contributed by atoms with van der Waals surface area (Å²) >= 11 is 0. The van der Waals surface area contributed by atoms with Gasteiger partial charge in [-0.05, 0) is 45.1 Å². The van der Waals surface area contributed by atoms with Crippen molar-refractivity contribution in [3.63, 3.8) is 0 Å². The summed E-state index contributed by atoms with van der Waals surface area (Å²) in [4.78, 5) is 0. The van der Waals surface area contributed by atoms with Crippen LogP contribution in [-0.2, 0) is 13.0 Å². The van der Waals surface area contributed by atoms with Crippen molar-refractivity contribution in [1.29, 1.82) is 0 Å². The van der Waals surface area contributed by atoms with Crippen molar-refractivity contribution in [3.05, 3.63) is 11.4 Å². The van der Waals surface area contributed by atoms with Crippen molar-refractivity contribution < 1.29 is 0 Å². The monoisotopic (exact) mass is 234 g/mol. The van der Waals surface area contributed by atoms with Gasteiger partial charge in [0.25, 0.3) is 0 Å². The van der Waals surface area contributed by atoms with Gasteiger partial charge >= 0.3 is 0 Å². The fourth-order valence-electron chi connectivity index (χ4n) is 2.90. The lowest BCUT2D eigenvalue weighted by Crippen LogP contribution is -2.14. The first-order chi connectivity index (χ1) is 8.38. The van der Waals surface area contributed by atoms with Crippen molar-refractivity contribution in [2.75, 3.05) is 7.05 Å². The molecular weight excluding hydrogens is 212 g/mol. The molecule has 1 aromatic heterocycles. The van der Waals surface area contributed by atoms with E-state index in [-0.39, 0.29) is 0 Å². The van der Waals surface area contributed by atoms with Crippen molar-refractivity contribution in [3.8, 4) is 0 Å². The highest BCUT2D eigenvalue weighted by Gasteiger charge is 2.28. The normalized spacial score (nSPS) is 21.2. The van der Waals surface area contributed by atoms with Crippen LogP contribution in [0.15, 0.2) is 0 Å². The molecule has 4 heteroatoms. The molecule has 2 fully saturated rings.